The zero-order valence-electron chi connectivity index (χ0n) is 17.3. The molecule has 0 saturated heterocycles. The Hall–Kier alpha value is -4.42. The van der Waals surface area contributed by atoms with Crippen LogP contribution >= 0.6 is 11.6 Å². The molecule has 4 aromatic heterocycles. The second-order valence-electron chi connectivity index (χ2n) is 7.78. The molecule has 10 heteroatoms. The normalized spacial score (nSPS) is 11.5. The van der Waals surface area contributed by atoms with Crippen LogP contribution < -0.4 is 5.56 Å². The van der Waals surface area contributed by atoms with E-state index >= 15 is 0 Å². The fourth-order valence-electron chi connectivity index (χ4n) is 4.22. The van der Waals surface area contributed by atoms with Gasteiger partial charge in [-0.2, -0.15) is 20.6 Å². The first-order chi connectivity index (χ1) is 16.0. The zero-order valence-corrected chi connectivity index (χ0v) is 18.1. The van der Waals surface area contributed by atoms with E-state index in [1.54, 1.807) is 32.3 Å². The molecular weight excluding hydrogens is 440 g/mol. The van der Waals surface area contributed by atoms with E-state index in [2.05, 4.69) is 26.5 Å². The minimum atomic E-state index is -0.285. The second kappa shape index (κ2) is 7.05. The van der Waals surface area contributed by atoms with Crippen molar-refractivity contribution in [2.45, 2.75) is 6.54 Å². The first kappa shape index (κ1) is 19.3. The smallest absolute Gasteiger partial charge is 0.278 e. The van der Waals surface area contributed by atoms with Crippen LogP contribution in [-0.4, -0.2) is 34.3 Å². The predicted molar refractivity (Wildman–Crippen MR) is 125 cm³/mol. The number of aromatic nitrogens is 7. The summed E-state index contributed by atoms with van der Waals surface area (Å²) >= 11 is 6.39. The monoisotopic (exact) mass is 454 g/mol. The van der Waals surface area contributed by atoms with Gasteiger partial charge in [-0.15, -0.1) is 0 Å². The van der Waals surface area contributed by atoms with E-state index < -0.39 is 0 Å². The summed E-state index contributed by atoms with van der Waals surface area (Å²) in [6, 6.07) is 13.0. The Labute approximate surface area is 191 Å². The number of nitrogens with one attached hydrogen (secondary N) is 1. The Kier molecular flexibility index (Phi) is 4.12. The number of fused-ring (bicyclic) bond motifs is 4. The summed E-state index contributed by atoms with van der Waals surface area (Å²) < 4.78 is 4.99. The molecule has 0 bridgehead atoms. The number of rotatable bonds is 3. The maximum Gasteiger partial charge on any atom is 0.284 e. The molecule has 0 amide bonds. The molecule has 1 N–H and O–H groups in total. The summed E-state index contributed by atoms with van der Waals surface area (Å²) in [7, 11) is 1.85. The van der Waals surface area contributed by atoms with Gasteiger partial charge in [0.15, 0.2) is 5.52 Å². The lowest BCUT2D eigenvalue weighted by molar-refractivity contribution is 0.655. The molecule has 0 spiro atoms. The van der Waals surface area contributed by atoms with Crippen molar-refractivity contribution in [3.8, 4) is 11.8 Å². The average Bonchev–Trinajstić information content (AvgIpc) is 3.54. The van der Waals surface area contributed by atoms with Gasteiger partial charge in [0.05, 0.1) is 45.7 Å². The molecule has 9 nitrogen and oxygen atoms in total. The first-order valence-electron chi connectivity index (χ1n) is 10.1. The lowest BCUT2D eigenvalue weighted by Crippen LogP contribution is -2.20. The van der Waals surface area contributed by atoms with Crippen molar-refractivity contribution in [2.75, 3.05) is 0 Å². The first-order valence-corrected chi connectivity index (χ1v) is 10.5. The van der Waals surface area contributed by atoms with E-state index in [1.165, 1.54) is 0 Å². The molecule has 2 aromatic carbocycles. The summed E-state index contributed by atoms with van der Waals surface area (Å²) in [5, 5.41) is 28.0. The second-order valence-corrected chi connectivity index (χ2v) is 8.19. The van der Waals surface area contributed by atoms with Gasteiger partial charge >= 0.3 is 0 Å². The van der Waals surface area contributed by atoms with E-state index in [9.17, 15) is 10.1 Å². The highest BCUT2D eigenvalue weighted by Crippen LogP contribution is 2.31. The molecule has 4 heterocycles. The number of benzene rings is 2. The minimum absolute atomic E-state index is 0.276. The number of nitriles is 1. The number of aromatic amines is 1. The fraction of sp³-hybridized carbons (Fsp3) is 0.0870. The van der Waals surface area contributed by atoms with Gasteiger partial charge in [-0.05, 0) is 30.3 Å². The Bertz CT molecular complexity index is 1810. The van der Waals surface area contributed by atoms with Crippen molar-refractivity contribution < 1.29 is 0 Å². The van der Waals surface area contributed by atoms with Gasteiger partial charge < -0.3 is 0 Å². The molecule has 6 rings (SSSR count). The number of aryl methyl sites for hydroxylation is 1. The zero-order chi connectivity index (χ0) is 22.7. The van der Waals surface area contributed by atoms with Crippen molar-refractivity contribution in [3.63, 3.8) is 0 Å². The molecule has 160 valence electrons. The molecule has 33 heavy (non-hydrogen) atoms. The highest BCUT2D eigenvalue weighted by Gasteiger charge is 2.19. The summed E-state index contributed by atoms with van der Waals surface area (Å²) in [5.74, 6) is 0. The van der Waals surface area contributed by atoms with Crippen molar-refractivity contribution in [3.05, 3.63) is 81.6 Å². The third-order valence-corrected chi connectivity index (χ3v) is 6.01. The fourth-order valence-corrected chi connectivity index (χ4v) is 4.42. The van der Waals surface area contributed by atoms with E-state index in [1.807, 2.05) is 43.7 Å². The van der Waals surface area contributed by atoms with Crippen LogP contribution in [0.4, 0.5) is 0 Å². The minimum Gasteiger partial charge on any atom is -0.278 e. The van der Waals surface area contributed by atoms with Gasteiger partial charge in [0.25, 0.3) is 5.56 Å². The van der Waals surface area contributed by atoms with Gasteiger partial charge in [-0.1, -0.05) is 17.7 Å². The lowest BCUT2D eigenvalue weighted by atomic mass is 10.1. The maximum atomic E-state index is 13.8. The van der Waals surface area contributed by atoms with E-state index in [0.717, 1.165) is 16.6 Å². The predicted octanol–water partition coefficient (Wildman–Crippen LogP) is 3.52. The summed E-state index contributed by atoms with van der Waals surface area (Å²) in [6.07, 6.45) is 5.34. The van der Waals surface area contributed by atoms with Gasteiger partial charge in [-0.3, -0.25) is 23.8 Å². The van der Waals surface area contributed by atoms with Crippen LogP contribution in [0.15, 0.2) is 59.8 Å². The molecule has 0 fully saturated rings. The third kappa shape index (κ3) is 2.92. The van der Waals surface area contributed by atoms with Gasteiger partial charge in [-0.25, -0.2) is 0 Å². The number of halogens is 1. The van der Waals surface area contributed by atoms with Crippen LogP contribution in [0.1, 0.15) is 11.3 Å². The quantitative estimate of drug-likeness (QED) is 0.440. The van der Waals surface area contributed by atoms with Crippen LogP contribution in [-0.2, 0) is 13.6 Å². The molecule has 0 aliphatic heterocycles. The van der Waals surface area contributed by atoms with E-state index in [-0.39, 0.29) is 10.6 Å². The lowest BCUT2D eigenvalue weighted by Gasteiger charge is -2.13. The SMILES string of the molecule is Cn1ccc(Cn2cc3c(n2)c(=O)n(-c2cccc4[nH]ncc24)c2cc(Cl)c(C#N)cc32)n1. The standard InChI is InChI=1S/C23H15ClN8O/c1-30-6-5-14(28-30)11-31-12-17-15-7-13(9-25)18(24)8-21(15)32(23(33)22(17)29-31)20-4-2-3-19-16(20)10-26-27-19/h2-8,10,12H,11H2,1H3,(H,26,27). The Morgan fingerprint density at radius 2 is 2.03 bits per heavy atom. The number of hydrogen-bond donors (Lipinski definition) is 1. The van der Waals surface area contributed by atoms with Gasteiger partial charge in [0.1, 0.15) is 6.07 Å². The molecule has 6 aromatic rings. The van der Waals surface area contributed by atoms with Crippen molar-refractivity contribution in [1.29, 1.82) is 5.26 Å². The van der Waals surface area contributed by atoms with Crippen molar-refractivity contribution >= 4 is 44.3 Å². The number of nitrogens with zero attached hydrogens (tertiary/aromatic N) is 7. The van der Waals surface area contributed by atoms with Crippen molar-refractivity contribution in [1.82, 2.24) is 34.3 Å². The third-order valence-electron chi connectivity index (χ3n) is 5.70. The molecule has 0 atom stereocenters. The highest BCUT2D eigenvalue weighted by atomic mass is 35.5. The summed E-state index contributed by atoms with van der Waals surface area (Å²) in [4.78, 5) is 13.8. The van der Waals surface area contributed by atoms with Gasteiger partial charge in [0, 0.05) is 35.6 Å². The molecule has 0 radical (unpaired) electrons. The van der Waals surface area contributed by atoms with Gasteiger partial charge in [0.2, 0.25) is 0 Å². The van der Waals surface area contributed by atoms with Crippen molar-refractivity contribution in [2.24, 2.45) is 7.05 Å². The molecule has 0 aliphatic rings. The molecular formula is C23H15ClN8O. The van der Waals surface area contributed by atoms with E-state index in [0.29, 0.717) is 39.6 Å². The molecule has 0 saturated carbocycles. The van der Waals surface area contributed by atoms with Crippen LogP contribution in [0.3, 0.4) is 0 Å². The Morgan fingerprint density at radius 1 is 1.15 bits per heavy atom. The van der Waals surface area contributed by atoms with Crippen LogP contribution in [0, 0.1) is 11.3 Å². The molecule has 0 unspecified atom stereocenters. The van der Waals surface area contributed by atoms with Crippen LogP contribution in [0.5, 0.6) is 0 Å². The molecule has 0 aliphatic carbocycles. The Balaban J connectivity index is 1.71. The van der Waals surface area contributed by atoms with E-state index in [4.69, 9.17) is 11.6 Å². The van der Waals surface area contributed by atoms with Crippen LogP contribution in [0.2, 0.25) is 5.02 Å². The number of hydrogen-bond acceptors (Lipinski definition) is 5. The summed E-state index contributed by atoms with van der Waals surface area (Å²) in [5.41, 5.74) is 3.19. The Morgan fingerprint density at radius 3 is 2.82 bits per heavy atom. The highest BCUT2D eigenvalue weighted by molar-refractivity contribution is 6.32. The average molecular weight is 455 g/mol. The largest absolute Gasteiger partial charge is 0.284 e. The topological polar surface area (TPSA) is 110 Å². The maximum absolute atomic E-state index is 13.8. The summed E-state index contributed by atoms with van der Waals surface area (Å²) in [6.45, 7) is 0.409. The van der Waals surface area contributed by atoms with Crippen LogP contribution in [0.25, 0.3) is 38.4 Å². The number of H-pyrrole nitrogens is 1. The number of pyridine rings is 1.